The summed E-state index contributed by atoms with van der Waals surface area (Å²) in [5.41, 5.74) is 5.31. The molecule has 114 valence electrons. The van der Waals surface area contributed by atoms with E-state index in [1.807, 2.05) is 0 Å². The van der Waals surface area contributed by atoms with Crippen molar-refractivity contribution in [3.63, 3.8) is 0 Å². The Hall–Kier alpha value is -2.02. The lowest BCUT2D eigenvalue weighted by Gasteiger charge is -2.29. The SMILES string of the molecule is NCC1CCCCC1C(=O)Nc1ccc([N+](=O)[O-])c(F)c1. The third-order valence-corrected chi connectivity index (χ3v) is 3.96. The molecule has 7 heteroatoms. The Morgan fingerprint density at radius 3 is 2.76 bits per heavy atom. The van der Waals surface area contributed by atoms with Gasteiger partial charge in [-0.1, -0.05) is 12.8 Å². The molecule has 21 heavy (non-hydrogen) atoms. The van der Waals surface area contributed by atoms with Crippen LogP contribution in [0.15, 0.2) is 18.2 Å². The number of halogens is 1. The van der Waals surface area contributed by atoms with Crippen LogP contribution in [0.4, 0.5) is 15.8 Å². The second-order valence-electron chi connectivity index (χ2n) is 5.30. The van der Waals surface area contributed by atoms with Crippen LogP contribution in [0.1, 0.15) is 25.7 Å². The lowest BCUT2D eigenvalue weighted by Crippen LogP contribution is -2.35. The normalized spacial score (nSPS) is 21.8. The number of nitro benzene ring substituents is 1. The Kier molecular flexibility index (Phi) is 4.85. The average Bonchev–Trinajstić information content (AvgIpc) is 2.46. The Bertz CT molecular complexity index is 550. The number of nitrogens with one attached hydrogen (secondary N) is 1. The maximum absolute atomic E-state index is 13.5. The van der Waals surface area contributed by atoms with E-state index in [0.717, 1.165) is 37.8 Å². The summed E-state index contributed by atoms with van der Waals surface area (Å²) in [5, 5.41) is 13.2. The van der Waals surface area contributed by atoms with Gasteiger partial charge in [0.05, 0.1) is 4.92 Å². The van der Waals surface area contributed by atoms with Gasteiger partial charge in [-0.05, 0) is 31.4 Å². The Balaban J connectivity index is 2.08. The maximum atomic E-state index is 13.5. The van der Waals surface area contributed by atoms with E-state index in [9.17, 15) is 19.3 Å². The van der Waals surface area contributed by atoms with Crippen LogP contribution >= 0.6 is 0 Å². The van der Waals surface area contributed by atoms with E-state index in [-0.39, 0.29) is 23.4 Å². The number of nitro groups is 1. The lowest BCUT2D eigenvalue weighted by molar-refractivity contribution is -0.387. The second kappa shape index (κ2) is 6.62. The zero-order valence-corrected chi connectivity index (χ0v) is 11.5. The predicted octanol–water partition coefficient (Wildman–Crippen LogP) is 2.44. The zero-order chi connectivity index (χ0) is 15.4. The Morgan fingerprint density at radius 1 is 1.43 bits per heavy atom. The van der Waals surface area contributed by atoms with Gasteiger partial charge < -0.3 is 11.1 Å². The van der Waals surface area contributed by atoms with Crippen LogP contribution < -0.4 is 11.1 Å². The lowest BCUT2D eigenvalue weighted by atomic mass is 9.78. The molecule has 1 fully saturated rings. The van der Waals surface area contributed by atoms with Crippen LogP contribution in [0.25, 0.3) is 0 Å². The monoisotopic (exact) mass is 295 g/mol. The summed E-state index contributed by atoms with van der Waals surface area (Å²) in [6.07, 6.45) is 3.73. The molecule has 0 saturated heterocycles. The smallest absolute Gasteiger partial charge is 0.304 e. The molecule has 0 spiro atoms. The first kappa shape index (κ1) is 15.4. The summed E-state index contributed by atoms with van der Waals surface area (Å²) >= 11 is 0. The highest BCUT2D eigenvalue weighted by Gasteiger charge is 2.30. The quantitative estimate of drug-likeness (QED) is 0.658. The van der Waals surface area contributed by atoms with E-state index in [4.69, 9.17) is 5.73 Å². The van der Waals surface area contributed by atoms with Gasteiger partial charge in [0, 0.05) is 23.7 Å². The number of carbonyl (C=O) groups excluding carboxylic acids is 1. The summed E-state index contributed by atoms with van der Waals surface area (Å²) in [6.45, 7) is 0.451. The van der Waals surface area contributed by atoms with Crippen molar-refractivity contribution < 1.29 is 14.1 Å². The number of hydrogen-bond donors (Lipinski definition) is 2. The average molecular weight is 295 g/mol. The molecule has 2 rings (SSSR count). The minimum Gasteiger partial charge on any atom is -0.330 e. The van der Waals surface area contributed by atoms with E-state index in [2.05, 4.69) is 5.32 Å². The molecule has 0 heterocycles. The Labute approximate surface area is 121 Å². The van der Waals surface area contributed by atoms with Crippen LogP contribution in [0.2, 0.25) is 0 Å². The standard InChI is InChI=1S/C14H18FN3O3/c15-12-7-10(5-6-13(12)18(20)21)17-14(19)11-4-2-1-3-9(11)8-16/h5-7,9,11H,1-4,8,16H2,(H,17,19). The van der Waals surface area contributed by atoms with Gasteiger partial charge in [0.25, 0.3) is 0 Å². The largest absolute Gasteiger partial charge is 0.330 e. The van der Waals surface area contributed by atoms with Gasteiger partial charge in [-0.15, -0.1) is 0 Å². The van der Waals surface area contributed by atoms with Gasteiger partial charge in [0.15, 0.2) is 0 Å². The molecule has 1 amide bonds. The van der Waals surface area contributed by atoms with Crippen LogP contribution in [0.3, 0.4) is 0 Å². The van der Waals surface area contributed by atoms with Gasteiger partial charge in [-0.3, -0.25) is 14.9 Å². The van der Waals surface area contributed by atoms with E-state index < -0.39 is 16.4 Å². The molecule has 3 N–H and O–H groups in total. The topological polar surface area (TPSA) is 98.3 Å². The van der Waals surface area contributed by atoms with E-state index in [1.54, 1.807) is 0 Å². The number of rotatable bonds is 4. The molecule has 1 aliphatic rings. The van der Waals surface area contributed by atoms with Crippen molar-refractivity contribution in [2.24, 2.45) is 17.6 Å². The molecule has 6 nitrogen and oxygen atoms in total. The number of nitrogens with zero attached hydrogens (tertiary/aromatic N) is 1. The minimum absolute atomic E-state index is 0.140. The van der Waals surface area contributed by atoms with Crippen molar-refractivity contribution in [3.8, 4) is 0 Å². The van der Waals surface area contributed by atoms with Gasteiger partial charge in [0.1, 0.15) is 0 Å². The van der Waals surface area contributed by atoms with Crippen molar-refractivity contribution in [1.29, 1.82) is 0 Å². The molecule has 1 aliphatic carbocycles. The number of benzene rings is 1. The molecule has 1 aromatic rings. The van der Waals surface area contributed by atoms with Crippen molar-refractivity contribution in [2.45, 2.75) is 25.7 Å². The predicted molar refractivity (Wildman–Crippen MR) is 76.2 cm³/mol. The summed E-state index contributed by atoms with van der Waals surface area (Å²) in [7, 11) is 0. The molecule has 0 aliphatic heterocycles. The first-order valence-electron chi connectivity index (χ1n) is 6.97. The van der Waals surface area contributed by atoms with Crippen LogP contribution in [-0.4, -0.2) is 17.4 Å². The molecule has 2 unspecified atom stereocenters. The zero-order valence-electron chi connectivity index (χ0n) is 11.5. The van der Waals surface area contributed by atoms with E-state index in [0.29, 0.717) is 6.54 Å². The van der Waals surface area contributed by atoms with Crippen LogP contribution in [0.5, 0.6) is 0 Å². The molecule has 0 aromatic heterocycles. The summed E-state index contributed by atoms with van der Waals surface area (Å²) in [6, 6.07) is 3.35. The number of carbonyl (C=O) groups is 1. The van der Waals surface area contributed by atoms with Crippen molar-refractivity contribution in [1.82, 2.24) is 0 Å². The van der Waals surface area contributed by atoms with Crippen molar-refractivity contribution >= 4 is 17.3 Å². The molecule has 1 saturated carbocycles. The highest BCUT2D eigenvalue weighted by atomic mass is 19.1. The number of amides is 1. The fourth-order valence-electron chi connectivity index (χ4n) is 2.80. The minimum atomic E-state index is -0.961. The number of anilines is 1. The number of nitrogens with two attached hydrogens (primary N) is 1. The van der Waals surface area contributed by atoms with Gasteiger partial charge in [-0.2, -0.15) is 4.39 Å². The fraction of sp³-hybridized carbons (Fsp3) is 0.500. The van der Waals surface area contributed by atoms with Crippen molar-refractivity contribution in [3.05, 3.63) is 34.1 Å². The van der Waals surface area contributed by atoms with Gasteiger partial charge in [0.2, 0.25) is 11.7 Å². The summed E-state index contributed by atoms with van der Waals surface area (Å²) < 4.78 is 13.5. The second-order valence-corrected chi connectivity index (χ2v) is 5.30. The third kappa shape index (κ3) is 3.55. The summed E-state index contributed by atoms with van der Waals surface area (Å²) in [5.74, 6) is -1.20. The molecule has 1 aromatic carbocycles. The highest BCUT2D eigenvalue weighted by molar-refractivity contribution is 5.92. The maximum Gasteiger partial charge on any atom is 0.304 e. The van der Waals surface area contributed by atoms with Crippen LogP contribution in [-0.2, 0) is 4.79 Å². The molecular weight excluding hydrogens is 277 g/mol. The van der Waals surface area contributed by atoms with Crippen molar-refractivity contribution in [2.75, 3.05) is 11.9 Å². The third-order valence-electron chi connectivity index (χ3n) is 3.96. The highest BCUT2D eigenvalue weighted by Crippen LogP contribution is 2.30. The Morgan fingerprint density at radius 2 is 2.14 bits per heavy atom. The molecule has 0 bridgehead atoms. The molecular formula is C14H18FN3O3. The van der Waals surface area contributed by atoms with Crippen LogP contribution in [0, 0.1) is 27.8 Å². The first-order valence-corrected chi connectivity index (χ1v) is 6.97. The molecule has 2 atom stereocenters. The molecule has 0 radical (unpaired) electrons. The van der Waals surface area contributed by atoms with E-state index >= 15 is 0 Å². The first-order chi connectivity index (χ1) is 10.0. The fourth-order valence-corrected chi connectivity index (χ4v) is 2.80. The summed E-state index contributed by atoms with van der Waals surface area (Å²) in [4.78, 5) is 22.0. The number of hydrogen-bond acceptors (Lipinski definition) is 4. The van der Waals surface area contributed by atoms with E-state index in [1.165, 1.54) is 6.07 Å². The van der Waals surface area contributed by atoms with Gasteiger partial charge >= 0.3 is 5.69 Å². The van der Waals surface area contributed by atoms with Gasteiger partial charge in [-0.25, -0.2) is 0 Å².